The molecule has 0 aromatic carbocycles. The zero-order chi connectivity index (χ0) is 11.1. The lowest BCUT2D eigenvalue weighted by atomic mass is 10.3. The van der Waals surface area contributed by atoms with Gasteiger partial charge in [0.05, 0.1) is 0 Å². The monoisotopic (exact) mass is 319 g/mol. The van der Waals surface area contributed by atoms with Crippen LogP contribution in [-0.4, -0.2) is 23.1 Å². The molecule has 15 heavy (non-hydrogen) atoms. The fraction of sp³-hybridized carbons (Fsp3) is 0.636. The highest BCUT2D eigenvalue weighted by Crippen LogP contribution is 2.10. The molecule has 1 aromatic rings. The van der Waals surface area contributed by atoms with Gasteiger partial charge in [0.2, 0.25) is 5.95 Å². The van der Waals surface area contributed by atoms with Crippen molar-refractivity contribution in [1.29, 1.82) is 0 Å². The molecule has 0 saturated carbocycles. The van der Waals surface area contributed by atoms with Crippen LogP contribution in [0.15, 0.2) is 12.3 Å². The summed E-state index contributed by atoms with van der Waals surface area (Å²) < 4.78 is 1.01. The topological polar surface area (TPSA) is 29.0 Å². The Morgan fingerprint density at radius 2 is 2.07 bits per heavy atom. The summed E-state index contributed by atoms with van der Waals surface area (Å²) in [5.74, 6) is 0.872. The molecule has 0 bridgehead atoms. The van der Waals surface area contributed by atoms with E-state index in [9.17, 15) is 0 Å². The molecule has 0 spiro atoms. The number of hydrogen-bond donors (Lipinski definition) is 0. The van der Waals surface area contributed by atoms with Gasteiger partial charge in [0.25, 0.3) is 0 Å². The third kappa shape index (κ3) is 4.32. The number of unbranched alkanes of at least 4 members (excludes halogenated alkanes) is 1. The maximum Gasteiger partial charge on any atom is 0.226 e. The molecule has 0 aliphatic rings. The zero-order valence-corrected chi connectivity index (χ0v) is 11.6. The van der Waals surface area contributed by atoms with Crippen molar-refractivity contribution in [3.05, 3.63) is 16.0 Å². The summed E-state index contributed by atoms with van der Waals surface area (Å²) in [6.45, 7) is 6.50. The van der Waals surface area contributed by atoms with Crippen LogP contribution in [-0.2, 0) is 0 Å². The Balaban J connectivity index is 2.69. The molecular formula is C11H18IN3. The molecule has 0 saturated heterocycles. The van der Waals surface area contributed by atoms with Gasteiger partial charge >= 0.3 is 0 Å². The molecule has 4 heteroatoms. The van der Waals surface area contributed by atoms with E-state index in [0.29, 0.717) is 0 Å². The van der Waals surface area contributed by atoms with Gasteiger partial charge in [-0.2, -0.15) is 0 Å². The van der Waals surface area contributed by atoms with Gasteiger partial charge in [-0.15, -0.1) is 0 Å². The Hall–Kier alpha value is -0.390. The number of anilines is 1. The minimum absolute atomic E-state index is 0.872. The van der Waals surface area contributed by atoms with Crippen LogP contribution >= 0.6 is 22.6 Å². The highest BCUT2D eigenvalue weighted by atomic mass is 127. The van der Waals surface area contributed by atoms with Crippen molar-refractivity contribution in [2.24, 2.45) is 0 Å². The average molecular weight is 319 g/mol. The van der Waals surface area contributed by atoms with E-state index in [1.165, 1.54) is 12.8 Å². The van der Waals surface area contributed by atoms with Gasteiger partial charge in [-0.05, 0) is 41.5 Å². The first-order valence-electron chi connectivity index (χ1n) is 5.51. The lowest BCUT2D eigenvalue weighted by molar-refractivity contribution is 0.685. The Morgan fingerprint density at radius 1 is 1.27 bits per heavy atom. The quantitative estimate of drug-likeness (QED) is 0.596. The fourth-order valence-corrected chi connectivity index (χ4v) is 1.79. The number of nitrogens with zero attached hydrogens (tertiary/aromatic N) is 3. The van der Waals surface area contributed by atoms with Crippen molar-refractivity contribution in [1.82, 2.24) is 9.97 Å². The molecule has 0 unspecified atom stereocenters. The molecule has 0 N–H and O–H groups in total. The number of hydrogen-bond acceptors (Lipinski definition) is 3. The van der Waals surface area contributed by atoms with E-state index in [1.807, 2.05) is 12.3 Å². The molecule has 1 heterocycles. The predicted molar refractivity (Wildman–Crippen MR) is 72.2 cm³/mol. The smallest absolute Gasteiger partial charge is 0.226 e. The van der Waals surface area contributed by atoms with E-state index in [2.05, 4.69) is 51.3 Å². The minimum atomic E-state index is 0.872. The minimum Gasteiger partial charge on any atom is -0.341 e. The van der Waals surface area contributed by atoms with Crippen LogP contribution in [0.1, 0.15) is 33.1 Å². The molecule has 0 fully saturated rings. The van der Waals surface area contributed by atoms with Crippen LogP contribution in [0.5, 0.6) is 0 Å². The fourth-order valence-electron chi connectivity index (χ4n) is 1.41. The predicted octanol–water partition coefficient (Wildman–Crippen LogP) is 3.10. The molecule has 1 rings (SSSR count). The Labute approximate surface area is 105 Å². The first kappa shape index (κ1) is 12.7. The third-order valence-electron chi connectivity index (χ3n) is 2.17. The molecular weight excluding hydrogens is 301 g/mol. The molecule has 0 radical (unpaired) electrons. The second kappa shape index (κ2) is 6.98. The number of aromatic nitrogens is 2. The summed E-state index contributed by atoms with van der Waals surface area (Å²) in [4.78, 5) is 11.0. The lowest BCUT2D eigenvalue weighted by Gasteiger charge is -2.21. The Kier molecular flexibility index (Phi) is 5.90. The Bertz CT molecular complexity index is 291. The van der Waals surface area contributed by atoms with Crippen LogP contribution in [0.25, 0.3) is 0 Å². The maximum atomic E-state index is 4.45. The van der Waals surface area contributed by atoms with E-state index in [0.717, 1.165) is 29.2 Å². The van der Waals surface area contributed by atoms with E-state index in [-0.39, 0.29) is 0 Å². The number of halogens is 1. The largest absolute Gasteiger partial charge is 0.341 e. The van der Waals surface area contributed by atoms with Gasteiger partial charge in [0, 0.05) is 19.3 Å². The SMILES string of the molecule is CCCCN(CCC)c1nccc(I)n1. The van der Waals surface area contributed by atoms with Gasteiger partial charge in [0.15, 0.2) is 0 Å². The van der Waals surface area contributed by atoms with Crippen LogP contribution < -0.4 is 4.90 Å². The van der Waals surface area contributed by atoms with Crippen molar-refractivity contribution >= 4 is 28.5 Å². The van der Waals surface area contributed by atoms with E-state index >= 15 is 0 Å². The molecule has 0 atom stereocenters. The van der Waals surface area contributed by atoms with Crippen LogP contribution in [0, 0.1) is 3.70 Å². The van der Waals surface area contributed by atoms with Crippen molar-refractivity contribution in [2.75, 3.05) is 18.0 Å². The van der Waals surface area contributed by atoms with Crippen molar-refractivity contribution < 1.29 is 0 Å². The van der Waals surface area contributed by atoms with Crippen LogP contribution in [0.3, 0.4) is 0 Å². The molecule has 0 amide bonds. The Morgan fingerprint density at radius 3 is 2.67 bits per heavy atom. The van der Waals surface area contributed by atoms with E-state index < -0.39 is 0 Å². The van der Waals surface area contributed by atoms with Crippen LogP contribution in [0.2, 0.25) is 0 Å². The third-order valence-corrected chi connectivity index (χ3v) is 2.77. The zero-order valence-electron chi connectivity index (χ0n) is 9.41. The second-order valence-corrected chi connectivity index (χ2v) is 4.63. The standard InChI is InChI=1S/C11H18IN3/c1-3-5-9-15(8-4-2)11-13-7-6-10(12)14-11/h6-7H,3-5,8-9H2,1-2H3. The first-order chi connectivity index (χ1) is 7.27. The maximum absolute atomic E-state index is 4.45. The summed E-state index contributed by atoms with van der Waals surface area (Å²) in [5, 5.41) is 0. The highest BCUT2D eigenvalue weighted by molar-refractivity contribution is 14.1. The molecule has 3 nitrogen and oxygen atoms in total. The van der Waals surface area contributed by atoms with Gasteiger partial charge in [-0.3, -0.25) is 0 Å². The average Bonchev–Trinajstić information content (AvgIpc) is 2.24. The van der Waals surface area contributed by atoms with Crippen molar-refractivity contribution in [2.45, 2.75) is 33.1 Å². The van der Waals surface area contributed by atoms with E-state index in [1.54, 1.807) is 0 Å². The summed E-state index contributed by atoms with van der Waals surface area (Å²) in [7, 11) is 0. The second-order valence-electron chi connectivity index (χ2n) is 3.52. The first-order valence-corrected chi connectivity index (χ1v) is 6.59. The summed E-state index contributed by atoms with van der Waals surface area (Å²) in [6.07, 6.45) is 5.39. The molecule has 1 aromatic heterocycles. The summed E-state index contributed by atoms with van der Waals surface area (Å²) >= 11 is 2.23. The van der Waals surface area contributed by atoms with Gasteiger partial charge in [-0.25, -0.2) is 9.97 Å². The van der Waals surface area contributed by atoms with Gasteiger partial charge < -0.3 is 4.90 Å². The van der Waals surface area contributed by atoms with Crippen molar-refractivity contribution in [3.63, 3.8) is 0 Å². The van der Waals surface area contributed by atoms with Crippen LogP contribution in [0.4, 0.5) is 5.95 Å². The number of rotatable bonds is 6. The highest BCUT2D eigenvalue weighted by Gasteiger charge is 2.07. The van der Waals surface area contributed by atoms with E-state index in [4.69, 9.17) is 0 Å². The normalized spacial score (nSPS) is 10.3. The van der Waals surface area contributed by atoms with Gasteiger partial charge in [-0.1, -0.05) is 20.3 Å². The summed E-state index contributed by atoms with van der Waals surface area (Å²) in [6, 6.07) is 1.92. The molecule has 0 aliphatic carbocycles. The van der Waals surface area contributed by atoms with Crippen molar-refractivity contribution in [3.8, 4) is 0 Å². The van der Waals surface area contributed by atoms with Gasteiger partial charge in [0.1, 0.15) is 3.70 Å². The molecule has 0 aliphatic heterocycles. The summed E-state index contributed by atoms with van der Waals surface area (Å²) in [5.41, 5.74) is 0. The lowest BCUT2D eigenvalue weighted by Crippen LogP contribution is -2.27. The molecule has 84 valence electrons.